The number of halogens is 2. The van der Waals surface area contributed by atoms with E-state index in [-0.39, 0.29) is 18.4 Å². The van der Waals surface area contributed by atoms with Crippen molar-refractivity contribution < 1.29 is 18.6 Å². The van der Waals surface area contributed by atoms with E-state index in [0.29, 0.717) is 12.0 Å². The Morgan fingerprint density at radius 3 is 2.55 bits per heavy atom. The van der Waals surface area contributed by atoms with Gasteiger partial charge in [0.25, 0.3) is 0 Å². The van der Waals surface area contributed by atoms with Gasteiger partial charge in [0, 0.05) is 24.3 Å². The Balaban J connectivity index is 2.02. The summed E-state index contributed by atoms with van der Waals surface area (Å²) in [7, 11) is 0. The molecular weight excluding hydrogens is 288 g/mol. The van der Waals surface area contributed by atoms with Crippen molar-refractivity contribution in [3.63, 3.8) is 0 Å². The number of alkyl halides is 2. The first-order valence-electron chi connectivity index (χ1n) is 7.92. The number of nitrogens with one attached hydrogen (secondary N) is 1. The van der Waals surface area contributed by atoms with Gasteiger partial charge in [0.2, 0.25) is 0 Å². The second kappa shape index (κ2) is 7.88. The van der Waals surface area contributed by atoms with E-state index in [1.54, 1.807) is 12.1 Å². The standard InChI is InChI=1S/C17H25F2NO2/c1-11-3-8-16(22-17(18)19)15(9-11)12(2)20-14-6-4-13(10-21)5-7-14/h3,8-9,12-14,17,20-21H,4-7,10H2,1-2H3. The number of rotatable bonds is 6. The van der Waals surface area contributed by atoms with Gasteiger partial charge >= 0.3 is 6.61 Å². The van der Waals surface area contributed by atoms with E-state index in [1.165, 1.54) is 0 Å². The second-order valence-corrected chi connectivity index (χ2v) is 6.21. The SMILES string of the molecule is Cc1ccc(OC(F)F)c(C(C)NC2CCC(CO)CC2)c1. The summed E-state index contributed by atoms with van der Waals surface area (Å²) in [5.41, 5.74) is 1.79. The molecule has 0 radical (unpaired) electrons. The van der Waals surface area contributed by atoms with Crippen LogP contribution in [0.3, 0.4) is 0 Å². The van der Waals surface area contributed by atoms with Crippen molar-refractivity contribution in [2.45, 2.75) is 58.2 Å². The summed E-state index contributed by atoms with van der Waals surface area (Å²) in [6.07, 6.45) is 4.03. The first-order valence-corrected chi connectivity index (χ1v) is 7.92. The van der Waals surface area contributed by atoms with Crippen molar-refractivity contribution >= 4 is 0 Å². The Morgan fingerprint density at radius 2 is 1.95 bits per heavy atom. The molecule has 0 saturated heterocycles. The molecule has 1 saturated carbocycles. The summed E-state index contributed by atoms with van der Waals surface area (Å²) in [6, 6.07) is 5.59. The predicted octanol–water partition coefficient (Wildman–Crippen LogP) is 3.80. The van der Waals surface area contributed by atoms with Crippen molar-refractivity contribution in [3.05, 3.63) is 29.3 Å². The number of aryl methyl sites for hydroxylation is 1. The van der Waals surface area contributed by atoms with Crippen LogP contribution in [0.5, 0.6) is 5.75 Å². The Hall–Kier alpha value is -1.20. The Morgan fingerprint density at radius 1 is 1.27 bits per heavy atom. The molecule has 0 amide bonds. The molecule has 5 heteroatoms. The third-order valence-electron chi connectivity index (χ3n) is 4.44. The fourth-order valence-electron chi connectivity index (χ4n) is 3.16. The molecular formula is C17H25F2NO2. The highest BCUT2D eigenvalue weighted by atomic mass is 19.3. The molecule has 22 heavy (non-hydrogen) atoms. The van der Waals surface area contributed by atoms with Crippen LogP contribution in [-0.2, 0) is 0 Å². The molecule has 1 atom stereocenters. The summed E-state index contributed by atoms with van der Waals surface area (Å²) in [6.45, 7) is 1.36. The normalized spacial score (nSPS) is 23.5. The molecule has 124 valence electrons. The molecule has 0 heterocycles. The van der Waals surface area contributed by atoms with Crippen LogP contribution >= 0.6 is 0 Å². The highest BCUT2D eigenvalue weighted by Gasteiger charge is 2.23. The van der Waals surface area contributed by atoms with E-state index in [4.69, 9.17) is 0 Å². The van der Waals surface area contributed by atoms with Crippen LogP contribution in [0.1, 0.15) is 49.8 Å². The summed E-state index contributed by atoms with van der Waals surface area (Å²) in [4.78, 5) is 0. The number of ether oxygens (including phenoxy) is 1. The van der Waals surface area contributed by atoms with Gasteiger partial charge in [0.05, 0.1) is 0 Å². The lowest BCUT2D eigenvalue weighted by atomic mass is 9.86. The van der Waals surface area contributed by atoms with Crippen LogP contribution in [0.2, 0.25) is 0 Å². The van der Waals surface area contributed by atoms with Gasteiger partial charge in [-0.2, -0.15) is 8.78 Å². The lowest BCUT2D eigenvalue weighted by molar-refractivity contribution is -0.0507. The van der Waals surface area contributed by atoms with Crippen molar-refractivity contribution in [2.24, 2.45) is 5.92 Å². The molecule has 2 rings (SSSR count). The van der Waals surface area contributed by atoms with Crippen molar-refractivity contribution in [2.75, 3.05) is 6.61 Å². The van der Waals surface area contributed by atoms with Crippen molar-refractivity contribution in [3.8, 4) is 5.75 Å². The monoisotopic (exact) mass is 313 g/mol. The van der Waals surface area contributed by atoms with Crippen LogP contribution in [0.4, 0.5) is 8.78 Å². The molecule has 0 bridgehead atoms. The highest BCUT2D eigenvalue weighted by Crippen LogP contribution is 2.30. The quantitative estimate of drug-likeness (QED) is 0.839. The molecule has 1 aliphatic rings. The largest absolute Gasteiger partial charge is 0.434 e. The van der Waals surface area contributed by atoms with E-state index in [9.17, 15) is 13.9 Å². The highest BCUT2D eigenvalue weighted by molar-refractivity contribution is 5.39. The van der Waals surface area contributed by atoms with Crippen LogP contribution in [0, 0.1) is 12.8 Å². The van der Waals surface area contributed by atoms with Gasteiger partial charge in [-0.3, -0.25) is 0 Å². The first kappa shape index (κ1) is 17.2. The second-order valence-electron chi connectivity index (χ2n) is 6.21. The fraction of sp³-hybridized carbons (Fsp3) is 0.647. The first-order chi connectivity index (χ1) is 10.5. The van der Waals surface area contributed by atoms with Crippen molar-refractivity contribution in [1.29, 1.82) is 0 Å². The van der Waals surface area contributed by atoms with E-state index in [1.807, 2.05) is 19.9 Å². The maximum absolute atomic E-state index is 12.5. The molecule has 1 unspecified atom stereocenters. The van der Waals surface area contributed by atoms with Crippen molar-refractivity contribution in [1.82, 2.24) is 5.32 Å². The smallest absolute Gasteiger partial charge is 0.387 e. The van der Waals surface area contributed by atoms with Crippen LogP contribution in [0.25, 0.3) is 0 Å². The lowest BCUT2D eigenvalue weighted by Gasteiger charge is -2.31. The fourth-order valence-corrected chi connectivity index (χ4v) is 3.16. The third kappa shape index (κ3) is 4.65. The molecule has 0 aliphatic heterocycles. The molecule has 0 aromatic heterocycles. The van der Waals surface area contributed by atoms with Gasteiger partial charge in [0.1, 0.15) is 5.75 Å². The molecule has 1 aromatic carbocycles. The predicted molar refractivity (Wildman–Crippen MR) is 82.2 cm³/mol. The summed E-state index contributed by atoms with van der Waals surface area (Å²) >= 11 is 0. The van der Waals surface area contributed by atoms with Crippen LogP contribution in [-0.4, -0.2) is 24.4 Å². The molecule has 3 nitrogen and oxygen atoms in total. The summed E-state index contributed by atoms with van der Waals surface area (Å²) in [5.74, 6) is 0.648. The van der Waals surface area contributed by atoms with E-state index < -0.39 is 6.61 Å². The molecule has 0 spiro atoms. The van der Waals surface area contributed by atoms with Gasteiger partial charge < -0.3 is 15.2 Å². The number of aliphatic hydroxyl groups excluding tert-OH is 1. The number of benzene rings is 1. The third-order valence-corrected chi connectivity index (χ3v) is 4.44. The van der Waals surface area contributed by atoms with Gasteiger partial charge in [0.15, 0.2) is 0 Å². The van der Waals surface area contributed by atoms with E-state index in [2.05, 4.69) is 10.1 Å². The van der Waals surface area contributed by atoms with Crippen LogP contribution < -0.4 is 10.1 Å². The average molecular weight is 313 g/mol. The topological polar surface area (TPSA) is 41.5 Å². The van der Waals surface area contributed by atoms with Gasteiger partial charge in [-0.1, -0.05) is 17.7 Å². The van der Waals surface area contributed by atoms with Gasteiger partial charge in [-0.25, -0.2) is 0 Å². The molecule has 1 aromatic rings. The van der Waals surface area contributed by atoms with Crippen LogP contribution in [0.15, 0.2) is 18.2 Å². The van der Waals surface area contributed by atoms with E-state index in [0.717, 1.165) is 36.8 Å². The zero-order chi connectivity index (χ0) is 16.1. The Bertz CT molecular complexity index is 474. The number of hydrogen-bond donors (Lipinski definition) is 2. The molecule has 2 N–H and O–H groups in total. The zero-order valence-electron chi connectivity index (χ0n) is 13.2. The molecule has 1 fully saturated rings. The minimum absolute atomic E-state index is 0.0515. The summed E-state index contributed by atoms with van der Waals surface area (Å²) < 4.78 is 29.7. The number of hydrogen-bond acceptors (Lipinski definition) is 3. The number of aliphatic hydroxyl groups is 1. The Labute approximate surface area is 130 Å². The zero-order valence-corrected chi connectivity index (χ0v) is 13.2. The molecule has 1 aliphatic carbocycles. The van der Waals surface area contributed by atoms with Gasteiger partial charge in [-0.15, -0.1) is 0 Å². The average Bonchev–Trinajstić information content (AvgIpc) is 2.49. The summed E-state index contributed by atoms with van der Waals surface area (Å²) in [5, 5.41) is 12.7. The Kier molecular flexibility index (Phi) is 6.15. The minimum atomic E-state index is -2.81. The van der Waals surface area contributed by atoms with E-state index >= 15 is 0 Å². The maximum atomic E-state index is 12.5. The lowest BCUT2D eigenvalue weighted by Crippen LogP contribution is -2.35. The van der Waals surface area contributed by atoms with Gasteiger partial charge in [-0.05, 0) is 51.5 Å². The minimum Gasteiger partial charge on any atom is -0.434 e. The maximum Gasteiger partial charge on any atom is 0.387 e.